The molecule has 2 aromatic carbocycles. The summed E-state index contributed by atoms with van der Waals surface area (Å²) in [6.45, 7) is 1.86. The predicted molar refractivity (Wildman–Crippen MR) is 142 cm³/mol. The highest BCUT2D eigenvalue weighted by Gasteiger charge is 2.28. The maximum Gasteiger partial charge on any atom is 0.335 e. The van der Waals surface area contributed by atoms with Gasteiger partial charge < -0.3 is 19.7 Å². The second-order valence-electron chi connectivity index (χ2n) is 8.36. The van der Waals surface area contributed by atoms with Gasteiger partial charge in [0.15, 0.2) is 5.09 Å². The van der Waals surface area contributed by atoms with Crippen LogP contribution >= 0.6 is 11.8 Å². The SMILES string of the molecule is COc1ccc(CCCCOC2=C(/C=C/C(=O)O)N=C(C(C(C)=O)c3cccc(C(=O)O)c3)CS2)cc1. The van der Waals surface area contributed by atoms with Gasteiger partial charge in [-0.3, -0.25) is 9.79 Å². The summed E-state index contributed by atoms with van der Waals surface area (Å²) in [5.41, 5.74) is 2.64. The average molecular weight is 524 g/mol. The Balaban J connectivity index is 1.74. The number of carboxylic acid groups (broad SMARTS) is 2. The Hall–Kier alpha value is -3.85. The third-order valence-corrected chi connectivity index (χ3v) is 6.70. The largest absolute Gasteiger partial charge is 0.497 e. The number of hydrogen-bond donors (Lipinski definition) is 2. The zero-order valence-corrected chi connectivity index (χ0v) is 21.5. The molecule has 0 amide bonds. The number of aliphatic carboxylic acids is 1. The number of nitrogens with zero attached hydrogens (tertiary/aromatic N) is 1. The zero-order chi connectivity index (χ0) is 26.8. The van der Waals surface area contributed by atoms with E-state index in [9.17, 15) is 19.5 Å². The van der Waals surface area contributed by atoms with Crippen LogP contribution in [0.25, 0.3) is 0 Å². The van der Waals surface area contributed by atoms with Gasteiger partial charge >= 0.3 is 11.9 Å². The van der Waals surface area contributed by atoms with Gasteiger partial charge in [0.1, 0.15) is 17.2 Å². The highest BCUT2D eigenvalue weighted by molar-refractivity contribution is 8.03. The third-order valence-electron chi connectivity index (χ3n) is 5.67. The Morgan fingerprint density at radius 2 is 1.86 bits per heavy atom. The van der Waals surface area contributed by atoms with Crippen LogP contribution in [0.5, 0.6) is 5.75 Å². The second-order valence-corrected chi connectivity index (χ2v) is 9.31. The first-order chi connectivity index (χ1) is 17.8. The molecule has 37 heavy (non-hydrogen) atoms. The van der Waals surface area contributed by atoms with Gasteiger partial charge in [0, 0.05) is 17.5 Å². The smallest absolute Gasteiger partial charge is 0.335 e. The molecule has 0 bridgehead atoms. The minimum absolute atomic E-state index is 0.0769. The summed E-state index contributed by atoms with van der Waals surface area (Å²) in [5.74, 6) is -1.98. The minimum atomic E-state index is -1.13. The number of allylic oxidation sites excluding steroid dienone is 1. The molecule has 0 spiro atoms. The number of benzene rings is 2. The standard InChI is InChI=1S/C28H29NO7S/c1-18(30)26(20-7-5-8-21(16-20)27(33)34)24-17-37-28(23(29-24)13-14-25(31)32)36-15-4-3-6-19-9-11-22(35-2)12-10-19/h5,7-14,16,26H,3-4,6,15,17H2,1-2H3,(H,31,32)(H,33,34)/b14-13+. The number of aliphatic imine (C=N–C) groups is 1. The molecule has 0 saturated heterocycles. The normalized spacial score (nSPS) is 14.3. The van der Waals surface area contributed by atoms with E-state index in [2.05, 4.69) is 4.99 Å². The molecule has 0 saturated carbocycles. The number of ketones is 1. The van der Waals surface area contributed by atoms with E-state index in [0.29, 0.717) is 34.4 Å². The summed E-state index contributed by atoms with van der Waals surface area (Å²) in [4.78, 5) is 39.7. The van der Waals surface area contributed by atoms with E-state index in [1.165, 1.54) is 42.5 Å². The molecule has 0 aliphatic carbocycles. The summed E-state index contributed by atoms with van der Waals surface area (Å²) in [6, 6.07) is 14.1. The fourth-order valence-corrected chi connectivity index (χ4v) is 4.80. The van der Waals surface area contributed by atoms with Gasteiger partial charge in [-0.1, -0.05) is 36.0 Å². The molecule has 1 aliphatic rings. The first-order valence-corrected chi connectivity index (χ1v) is 12.7. The Morgan fingerprint density at radius 1 is 1.11 bits per heavy atom. The number of hydrogen-bond acceptors (Lipinski definition) is 7. The lowest BCUT2D eigenvalue weighted by Crippen LogP contribution is -2.24. The number of Topliss-reactive ketones (excluding diaryl/α,β-unsaturated/α-hetero) is 1. The number of carboxylic acids is 2. The predicted octanol–water partition coefficient (Wildman–Crippen LogP) is 5.10. The van der Waals surface area contributed by atoms with Crippen molar-refractivity contribution in [3.63, 3.8) is 0 Å². The highest BCUT2D eigenvalue weighted by atomic mass is 32.2. The molecule has 2 N–H and O–H groups in total. The van der Waals surface area contributed by atoms with Crippen molar-refractivity contribution in [2.45, 2.75) is 32.1 Å². The maximum atomic E-state index is 12.6. The van der Waals surface area contributed by atoms with Crippen LogP contribution in [0.15, 0.2) is 76.5 Å². The summed E-state index contributed by atoms with van der Waals surface area (Å²) < 4.78 is 11.1. The van der Waals surface area contributed by atoms with Crippen LogP contribution < -0.4 is 4.74 Å². The monoisotopic (exact) mass is 523 g/mol. The number of methoxy groups -OCH3 is 1. The van der Waals surface area contributed by atoms with Crippen LogP contribution in [0.3, 0.4) is 0 Å². The van der Waals surface area contributed by atoms with Crippen molar-refractivity contribution in [3.05, 3.63) is 88.2 Å². The molecule has 1 aliphatic heterocycles. The molecule has 0 radical (unpaired) electrons. The van der Waals surface area contributed by atoms with Gasteiger partial charge in [-0.25, -0.2) is 9.59 Å². The average Bonchev–Trinajstić information content (AvgIpc) is 2.88. The lowest BCUT2D eigenvalue weighted by Gasteiger charge is -2.23. The van der Waals surface area contributed by atoms with Crippen molar-refractivity contribution in [1.29, 1.82) is 0 Å². The number of rotatable bonds is 13. The number of thioether (sulfide) groups is 1. The first-order valence-electron chi connectivity index (χ1n) is 11.7. The number of carbonyl (C=O) groups is 3. The Bertz CT molecular complexity index is 1230. The number of aromatic carboxylic acids is 1. The molecular weight excluding hydrogens is 494 g/mol. The Labute approximate surface area is 219 Å². The summed E-state index contributed by atoms with van der Waals surface area (Å²) in [7, 11) is 1.63. The number of unbranched alkanes of at least 4 members (excludes halogenated alkanes) is 1. The van der Waals surface area contributed by atoms with Crippen LogP contribution in [-0.4, -0.2) is 53.1 Å². The Kier molecular flexibility index (Phi) is 10.1. The lowest BCUT2D eigenvalue weighted by atomic mass is 9.90. The van der Waals surface area contributed by atoms with Crippen molar-refractivity contribution < 1.29 is 34.1 Å². The minimum Gasteiger partial charge on any atom is -0.497 e. The molecule has 3 rings (SSSR count). The van der Waals surface area contributed by atoms with Crippen molar-refractivity contribution in [2.24, 2.45) is 4.99 Å². The zero-order valence-electron chi connectivity index (χ0n) is 20.7. The molecule has 8 nitrogen and oxygen atoms in total. The molecule has 1 heterocycles. The van der Waals surface area contributed by atoms with Crippen LogP contribution in [0, 0.1) is 0 Å². The molecule has 194 valence electrons. The van der Waals surface area contributed by atoms with Crippen molar-refractivity contribution in [1.82, 2.24) is 0 Å². The number of ether oxygens (including phenoxy) is 2. The molecule has 0 fully saturated rings. The van der Waals surface area contributed by atoms with Gasteiger partial charge in [0.05, 0.1) is 25.2 Å². The summed E-state index contributed by atoms with van der Waals surface area (Å²) >= 11 is 1.34. The topological polar surface area (TPSA) is 122 Å². The van der Waals surface area contributed by atoms with Gasteiger partial charge in [0.25, 0.3) is 0 Å². The van der Waals surface area contributed by atoms with E-state index in [0.717, 1.165) is 31.1 Å². The van der Waals surface area contributed by atoms with E-state index in [1.807, 2.05) is 24.3 Å². The van der Waals surface area contributed by atoms with Crippen LogP contribution in [-0.2, 0) is 20.7 Å². The van der Waals surface area contributed by atoms with Crippen LogP contribution in [0.1, 0.15) is 47.2 Å². The number of aryl methyl sites for hydroxylation is 1. The van der Waals surface area contributed by atoms with Crippen LogP contribution in [0.4, 0.5) is 0 Å². The molecule has 9 heteroatoms. The molecule has 1 atom stereocenters. The quantitative estimate of drug-likeness (QED) is 0.275. The molecule has 0 aromatic heterocycles. The van der Waals surface area contributed by atoms with Gasteiger partial charge in [-0.2, -0.15) is 0 Å². The van der Waals surface area contributed by atoms with E-state index in [4.69, 9.17) is 14.6 Å². The van der Waals surface area contributed by atoms with Crippen LogP contribution in [0.2, 0.25) is 0 Å². The van der Waals surface area contributed by atoms with Crippen molar-refractivity contribution in [3.8, 4) is 5.75 Å². The van der Waals surface area contributed by atoms with E-state index >= 15 is 0 Å². The summed E-state index contributed by atoms with van der Waals surface area (Å²) in [6.07, 6.45) is 4.92. The molecular formula is C28H29NO7S. The second kappa shape index (κ2) is 13.5. The van der Waals surface area contributed by atoms with Crippen molar-refractivity contribution in [2.75, 3.05) is 19.5 Å². The van der Waals surface area contributed by atoms with Crippen molar-refractivity contribution >= 4 is 35.2 Å². The Morgan fingerprint density at radius 3 is 2.51 bits per heavy atom. The van der Waals surface area contributed by atoms with Gasteiger partial charge in [-0.05, 0) is 67.7 Å². The molecule has 2 aromatic rings. The van der Waals surface area contributed by atoms with Gasteiger partial charge in [0.2, 0.25) is 0 Å². The summed E-state index contributed by atoms with van der Waals surface area (Å²) in [5, 5.41) is 18.9. The third kappa shape index (κ3) is 8.08. The van der Waals surface area contributed by atoms with E-state index in [1.54, 1.807) is 19.2 Å². The number of carbonyl (C=O) groups excluding carboxylic acids is 1. The fourth-order valence-electron chi connectivity index (χ4n) is 3.87. The molecule has 1 unspecified atom stereocenters. The maximum absolute atomic E-state index is 12.6. The van der Waals surface area contributed by atoms with Gasteiger partial charge in [-0.15, -0.1) is 0 Å². The lowest BCUT2D eigenvalue weighted by molar-refractivity contribution is -0.131. The fraction of sp³-hybridized carbons (Fsp3) is 0.286. The first kappa shape index (κ1) is 27.7. The van der Waals surface area contributed by atoms with E-state index in [-0.39, 0.29) is 11.3 Å². The highest BCUT2D eigenvalue weighted by Crippen LogP contribution is 2.33. The van der Waals surface area contributed by atoms with E-state index < -0.39 is 17.9 Å².